The van der Waals surface area contributed by atoms with Crippen LogP contribution >= 0.6 is 11.3 Å². The largest absolute Gasteiger partial charge is 0.368 e. The highest BCUT2D eigenvalue weighted by atomic mass is 32.1. The van der Waals surface area contributed by atoms with Crippen LogP contribution in [0.15, 0.2) is 36.9 Å². The molecule has 3 heterocycles. The summed E-state index contributed by atoms with van der Waals surface area (Å²) in [7, 11) is 0. The Bertz CT molecular complexity index is 831. The zero-order valence-corrected chi connectivity index (χ0v) is 13.1. The summed E-state index contributed by atoms with van der Waals surface area (Å²) in [6.07, 6.45) is 1.59. The maximum atomic E-state index is 12.6. The Kier molecular flexibility index (Phi) is 3.14. The summed E-state index contributed by atoms with van der Waals surface area (Å²) in [4.78, 5) is 32.7. The number of nitrogens with zero attached hydrogens (tertiary/aromatic N) is 2. The third kappa shape index (κ3) is 1.90. The van der Waals surface area contributed by atoms with Crippen molar-refractivity contribution in [1.29, 1.82) is 0 Å². The van der Waals surface area contributed by atoms with Crippen molar-refractivity contribution in [1.82, 2.24) is 9.96 Å². The smallest absolute Gasteiger partial charge is 0.345 e. The summed E-state index contributed by atoms with van der Waals surface area (Å²) >= 11 is 1.59. The molecule has 23 heavy (non-hydrogen) atoms. The second-order valence-corrected chi connectivity index (χ2v) is 6.63. The quantitative estimate of drug-likeness (QED) is 0.875. The highest BCUT2D eigenvalue weighted by Gasteiger charge is 2.51. The zero-order valence-electron chi connectivity index (χ0n) is 12.3. The maximum absolute atomic E-state index is 12.6. The molecule has 2 atom stereocenters. The van der Waals surface area contributed by atoms with Crippen LogP contribution in [0.4, 0.5) is 4.79 Å². The first-order valence-corrected chi connectivity index (χ1v) is 8.09. The fraction of sp³-hybridized carbons (Fsp3) is 0.250. The van der Waals surface area contributed by atoms with Gasteiger partial charge >= 0.3 is 6.03 Å². The summed E-state index contributed by atoms with van der Waals surface area (Å²) < 4.78 is 1.08. The van der Waals surface area contributed by atoms with E-state index in [1.807, 2.05) is 24.3 Å². The van der Waals surface area contributed by atoms with E-state index in [-0.39, 0.29) is 18.7 Å². The Labute approximate surface area is 136 Å². The van der Waals surface area contributed by atoms with E-state index in [2.05, 4.69) is 6.58 Å². The van der Waals surface area contributed by atoms with Crippen LogP contribution in [-0.2, 0) is 9.63 Å². The van der Waals surface area contributed by atoms with Gasteiger partial charge in [-0.2, -0.15) is 5.06 Å². The van der Waals surface area contributed by atoms with Crippen molar-refractivity contribution < 1.29 is 14.4 Å². The number of benzene rings is 1. The van der Waals surface area contributed by atoms with Crippen LogP contribution in [0, 0.1) is 0 Å². The predicted octanol–water partition coefficient (Wildman–Crippen LogP) is 2.34. The van der Waals surface area contributed by atoms with Crippen molar-refractivity contribution in [3.63, 3.8) is 0 Å². The van der Waals surface area contributed by atoms with Crippen molar-refractivity contribution >= 4 is 33.4 Å². The Morgan fingerprint density at radius 3 is 3.00 bits per heavy atom. The molecule has 0 spiro atoms. The first-order valence-electron chi connectivity index (χ1n) is 7.27. The molecule has 1 aromatic carbocycles. The first-order chi connectivity index (χ1) is 11.1. The highest BCUT2D eigenvalue weighted by Crippen LogP contribution is 2.50. The molecule has 2 bridgehead atoms. The van der Waals surface area contributed by atoms with Gasteiger partial charge < -0.3 is 10.6 Å². The lowest BCUT2D eigenvalue weighted by Gasteiger charge is -2.28. The second-order valence-electron chi connectivity index (χ2n) is 5.54. The Morgan fingerprint density at radius 2 is 2.26 bits per heavy atom. The fourth-order valence-electron chi connectivity index (χ4n) is 3.35. The van der Waals surface area contributed by atoms with E-state index in [1.54, 1.807) is 17.4 Å². The van der Waals surface area contributed by atoms with Crippen LogP contribution < -0.4 is 5.73 Å². The lowest BCUT2D eigenvalue weighted by molar-refractivity contribution is -0.122. The highest BCUT2D eigenvalue weighted by molar-refractivity contribution is 7.19. The van der Waals surface area contributed by atoms with Gasteiger partial charge in [-0.3, -0.25) is 9.63 Å². The van der Waals surface area contributed by atoms with Gasteiger partial charge in [-0.25, -0.2) is 4.79 Å². The summed E-state index contributed by atoms with van der Waals surface area (Å²) in [6, 6.07) is 6.56. The van der Waals surface area contributed by atoms with Crippen molar-refractivity contribution in [2.45, 2.75) is 12.1 Å². The minimum atomic E-state index is -0.748. The number of carbonyl (C=O) groups excluding carboxylic acids is 2. The van der Waals surface area contributed by atoms with Crippen LogP contribution in [0.3, 0.4) is 0 Å². The fourth-order valence-corrected chi connectivity index (χ4v) is 4.66. The van der Waals surface area contributed by atoms with E-state index >= 15 is 0 Å². The molecule has 0 aliphatic carbocycles. The van der Waals surface area contributed by atoms with Gasteiger partial charge in [0.15, 0.2) is 0 Å². The van der Waals surface area contributed by atoms with E-state index in [0.717, 1.165) is 20.5 Å². The maximum Gasteiger partial charge on any atom is 0.345 e. The number of hydrogen-bond acceptors (Lipinski definition) is 4. The van der Waals surface area contributed by atoms with Crippen molar-refractivity contribution in [3.8, 4) is 0 Å². The normalized spacial score (nSPS) is 22.5. The van der Waals surface area contributed by atoms with Crippen LogP contribution in [0.2, 0.25) is 0 Å². The number of fused-ring (bicyclic) bond motifs is 6. The molecule has 118 valence electrons. The van der Waals surface area contributed by atoms with Crippen molar-refractivity contribution in [2.75, 3.05) is 13.2 Å². The lowest BCUT2D eigenvalue weighted by atomic mass is 9.95. The number of carbonyl (C=O) groups is 2. The molecule has 2 N–H and O–H groups in total. The molecular formula is C16H15N3O3S. The van der Waals surface area contributed by atoms with Gasteiger partial charge in [0, 0.05) is 15.1 Å². The topological polar surface area (TPSA) is 75.9 Å². The predicted molar refractivity (Wildman–Crippen MR) is 86.6 cm³/mol. The van der Waals surface area contributed by atoms with E-state index in [0.29, 0.717) is 6.54 Å². The molecule has 1 fully saturated rings. The molecule has 7 heteroatoms. The van der Waals surface area contributed by atoms with Gasteiger partial charge in [0.05, 0.1) is 13.2 Å². The van der Waals surface area contributed by atoms with Gasteiger partial charge in [0.25, 0.3) is 0 Å². The van der Waals surface area contributed by atoms with E-state index in [9.17, 15) is 9.59 Å². The van der Waals surface area contributed by atoms with E-state index in [4.69, 9.17) is 10.6 Å². The SMILES string of the molecule is C=CCON1C(=O)N2CC1c1sc3ccccc3c1[C@H]2C(N)=O. The van der Waals surface area contributed by atoms with Crippen LogP contribution in [0.25, 0.3) is 10.1 Å². The number of urea groups is 1. The average molecular weight is 329 g/mol. The summed E-state index contributed by atoms with van der Waals surface area (Å²) in [6.45, 7) is 4.25. The Balaban J connectivity index is 1.91. The minimum absolute atomic E-state index is 0.217. The molecule has 1 unspecified atom stereocenters. The number of primary amides is 1. The lowest BCUT2D eigenvalue weighted by Crippen LogP contribution is -2.41. The molecule has 4 rings (SSSR count). The molecule has 2 aliphatic rings. The van der Waals surface area contributed by atoms with Gasteiger partial charge in [-0.15, -0.1) is 17.9 Å². The molecule has 1 aromatic heterocycles. The average Bonchev–Trinajstić information content (AvgIpc) is 3.05. The number of hydrogen-bond donors (Lipinski definition) is 1. The summed E-state index contributed by atoms with van der Waals surface area (Å²) in [5, 5.41) is 2.32. The third-order valence-corrected chi connectivity index (χ3v) is 5.53. The van der Waals surface area contributed by atoms with Gasteiger partial charge in [-0.05, 0) is 11.5 Å². The third-order valence-electron chi connectivity index (χ3n) is 4.24. The molecule has 3 amide bonds. The number of amides is 3. The van der Waals surface area contributed by atoms with E-state index < -0.39 is 11.9 Å². The molecular weight excluding hydrogens is 314 g/mol. The minimum Gasteiger partial charge on any atom is -0.368 e. The second kappa shape index (κ2) is 5.07. The van der Waals surface area contributed by atoms with Crippen LogP contribution in [-0.4, -0.2) is 35.1 Å². The first kappa shape index (κ1) is 14.2. The zero-order chi connectivity index (χ0) is 16.1. The molecule has 6 nitrogen and oxygen atoms in total. The number of thiophene rings is 1. The number of rotatable bonds is 4. The molecule has 2 aliphatic heterocycles. The van der Waals surface area contributed by atoms with Crippen LogP contribution in [0.5, 0.6) is 0 Å². The van der Waals surface area contributed by atoms with Crippen LogP contribution in [0.1, 0.15) is 22.5 Å². The molecule has 0 saturated carbocycles. The van der Waals surface area contributed by atoms with Crippen molar-refractivity contribution in [3.05, 3.63) is 47.4 Å². The molecule has 1 saturated heterocycles. The van der Waals surface area contributed by atoms with E-state index in [1.165, 1.54) is 9.96 Å². The summed E-state index contributed by atoms with van der Waals surface area (Å²) in [5.74, 6) is -0.521. The molecule has 0 radical (unpaired) electrons. The monoisotopic (exact) mass is 329 g/mol. The Hall–Kier alpha value is -2.38. The standard InChI is InChI=1S/C16H15N3O3S/c1-2-7-22-19-10-8-18(16(19)21)13(15(17)20)12-9-5-3-4-6-11(9)23-14(10)12/h2-6,10,13H,1,7-8H2,(H2,17,20)/t10?,13-/m0/s1. The van der Waals surface area contributed by atoms with Crippen molar-refractivity contribution in [2.24, 2.45) is 5.73 Å². The molecule has 2 aromatic rings. The van der Waals surface area contributed by atoms with Gasteiger partial charge in [0.1, 0.15) is 12.1 Å². The van der Waals surface area contributed by atoms with Gasteiger partial charge in [0.2, 0.25) is 5.91 Å². The number of nitrogens with two attached hydrogens (primary N) is 1. The Morgan fingerprint density at radius 1 is 1.48 bits per heavy atom. The number of hydroxylamine groups is 2. The van der Waals surface area contributed by atoms with Gasteiger partial charge in [-0.1, -0.05) is 24.3 Å². The summed E-state index contributed by atoms with van der Waals surface area (Å²) in [5.41, 5.74) is 6.46.